The van der Waals surface area contributed by atoms with Gasteiger partial charge in [0.1, 0.15) is 0 Å². The van der Waals surface area contributed by atoms with Gasteiger partial charge in [-0.1, -0.05) is 6.07 Å². The van der Waals surface area contributed by atoms with Crippen LogP contribution in [0.2, 0.25) is 0 Å². The molecule has 1 aromatic carbocycles. The largest absolute Gasteiger partial charge is 0.399 e. The van der Waals surface area contributed by atoms with Gasteiger partial charge in [-0.05, 0) is 30.2 Å². The van der Waals surface area contributed by atoms with E-state index >= 15 is 0 Å². The highest BCUT2D eigenvalue weighted by molar-refractivity contribution is 7.11. The van der Waals surface area contributed by atoms with Crippen LogP contribution in [0.25, 0.3) is 0 Å². The van der Waals surface area contributed by atoms with E-state index in [0.717, 1.165) is 30.3 Å². The highest BCUT2D eigenvalue weighted by Crippen LogP contribution is 2.27. The number of hydrogen-bond acceptors (Lipinski definition) is 4. The molecule has 0 spiro atoms. The fourth-order valence-electron chi connectivity index (χ4n) is 2.30. The minimum Gasteiger partial charge on any atom is -0.399 e. The molecule has 1 aliphatic rings. The van der Waals surface area contributed by atoms with Crippen molar-refractivity contribution in [2.24, 2.45) is 0 Å². The summed E-state index contributed by atoms with van der Waals surface area (Å²) in [4.78, 5) is 8.06. The number of aryl methyl sites for hydroxylation is 1. The first-order valence-corrected chi connectivity index (χ1v) is 6.53. The maximum atomic E-state index is 5.81. The Morgan fingerprint density at radius 3 is 2.94 bits per heavy atom. The molecular formula is C13H15N3S. The molecule has 0 unspecified atom stereocenters. The second-order valence-electron chi connectivity index (χ2n) is 4.52. The quantitative estimate of drug-likeness (QED) is 0.827. The molecule has 2 aromatic rings. The summed E-state index contributed by atoms with van der Waals surface area (Å²) in [5.41, 5.74) is 9.44. The molecule has 0 bridgehead atoms. The number of thiazole rings is 1. The van der Waals surface area contributed by atoms with E-state index in [1.54, 1.807) is 11.3 Å². The number of nitrogens with two attached hydrogens (primary N) is 1. The zero-order valence-electron chi connectivity index (χ0n) is 9.81. The van der Waals surface area contributed by atoms with E-state index in [1.165, 1.54) is 16.0 Å². The van der Waals surface area contributed by atoms with Crippen molar-refractivity contribution < 1.29 is 0 Å². The van der Waals surface area contributed by atoms with Gasteiger partial charge >= 0.3 is 0 Å². The molecule has 3 nitrogen and oxygen atoms in total. The lowest BCUT2D eigenvalue weighted by molar-refractivity contribution is 0.278. The van der Waals surface area contributed by atoms with Crippen molar-refractivity contribution in [3.63, 3.8) is 0 Å². The monoisotopic (exact) mass is 245 g/mol. The number of fused-ring (bicyclic) bond motifs is 1. The Labute approximate surface area is 105 Å². The Hall–Kier alpha value is -1.39. The molecular weight excluding hydrogens is 230 g/mol. The number of nitrogens with zero attached hydrogens (tertiary/aromatic N) is 2. The highest BCUT2D eigenvalue weighted by Gasteiger charge is 2.19. The lowest BCUT2D eigenvalue weighted by atomic mass is 10.1. The van der Waals surface area contributed by atoms with Crippen LogP contribution >= 0.6 is 11.3 Å². The van der Waals surface area contributed by atoms with Gasteiger partial charge in [0.25, 0.3) is 0 Å². The number of rotatable bonds is 2. The molecule has 0 saturated carbocycles. The molecule has 88 valence electrons. The third-order valence-corrected chi connectivity index (χ3v) is 3.96. The van der Waals surface area contributed by atoms with Gasteiger partial charge in [0.05, 0.1) is 5.01 Å². The summed E-state index contributed by atoms with van der Waals surface area (Å²) in [6, 6.07) is 6.22. The van der Waals surface area contributed by atoms with Crippen LogP contribution in [-0.4, -0.2) is 9.88 Å². The van der Waals surface area contributed by atoms with Crippen LogP contribution < -0.4 is 5.73 Å². The van der Waals surface area contributed by atoms with Crippen LogP contribution in [0.5, 0.6) is 0 Å². The van der Waals surface area contributed by atoms with Crippen LogP contribution in [0.4, 0.5) is 5.69 Å². The topological polar surface area (TPSA) is 42.2 Å². The summed E-state index contributed by atoms with van der Waals surface area (Å²) in [7, 11) is 0. The van der Waals surface area contributed by atoms with Gasteiger partial charge in [-0.15, -0.1) is 11.3 Å². The van der Waals surface area contributed by atoms with Gasteiger partial charge in [-0.3, -0.25) is 4.90 Å². The fourth-order valence-corrected chi connectivity index (χ4v) is 3.13. The van der Waals surface area contributed by atoms with Gasteiger partial charge in [0, 0.05) is 36.4 Å². The Balaban J connectivity index is 1.74. The molecule has 0 amide bonds. The first-order chi connectivity index (χ1) is 8.20. The molecule has 3 rings (SSSR count). The van der Waals surface area contributed by atoms with E-state index in [1.807, 2.05) is 19.2 Å². The molecule has 4 heteroatoms. The molecule has 2 heterocycles. The second kappa shape index (κ2) is 4.13. The average Bonchev–Trinajstić information content (AvgIpc) is 2.84. The maximum Gasteiger partial charge on any atom is 0.0897 e. The SMILES string of the molecule is Cc1ncc(CN2Cc3ccc(N)cc3C2)s1. The van der Waals surface area contributed by atoms with Crippen LogP contribution in [0.1, 0.15) is 21.0 Å². The van der Waals surface area contributed by atoms with E-state index in [4.69, 9.17) is 5.73 Å². The zero-order valence-corrected chi connectivity index (χ0v) is 10.6. The molecule has 0 atom stereocenters. The number of aromatic nitrogens is 1. The van der Waals surface area contributed by atoms with Gasteiger partial charge in [0.2, 0.25) is 0 Å². The Morgan fingerprint density at radius 1 is 1.35 bits per heavy atom. The van der Waals surface area contributed by atoms with Crippen LogP contribution in [0.3, 0.4) is 0 Å². The van der Waals surface area contributed by atoms with Gasteiger partial charge in [-0.2, -0.15) is 0 Å². The van der Waals surface area contributed by atoms with Crippen LogP contribution in [0.15, 0.2) is 24.4 Å². The summed E-state index contributed by atoms with van der Waals surface area (Å²) in [6.07, 6.45) is 1.98. The van der Waals surface area contributed by atoms with Crippen molar-refractivity contribution >= 4 is 17.0 Å². The summed E-state index contributed by atoms with van der Waals surface area (Å²) >= 11 is 1.78. The minimum atomic E-state index is 0.860. The van der Waals surface area contributed by atoms with Crippen molar-refractivity contribution in [2.45, 2.75) is 26.6 Å². The lowest BCUT2D eigenvalue weighted by Crippen LogP contribution is -2.14. The third kappa shape index (κ3) is 2.18. The van der Waals surface area contributed by atoms with Crippen molar-refractivity contribution in [3.05, 3.63) is 45.4 Å². The Kier molecular flexibility index (Phi) is 2.61. The Morgan fingerprint density at radius 2 is 2.18 bits per heavy atom. The number of nitrogen functional groups attached to an aromatic ring is 1. The second-order valence-corrected chi connectivity index (χ2v) is 5.84. The summed E-state index contributed by atoms with van der Waals surface area (Å²) in [5, 5.41) is 1.14. The minimum absolute atomic E-state index is 0.860. The highest BCUT2D eigenvalue weighted by atomic mass is 32.1. The molecule has 1 aliphatic heterocycles. The summed E-state index contributed by atoms with van der Waals surface area (Å²) < 4.78 is 0. The standard InChI is InChI=1S/C13H15N3S/c1-9-15-5-13(17-9)8-16-6-10-2-3-12(14)4-11(10)7-16/h2-5H,6-8,14H2,1H3. The Bertz CT molecular complexity index is 545. The lowest BCUT2D eigenvalue weighted by Gasteiger charge is -2.12. The predicted octanol–water partition coefficient (Wildman–Crippen LogP) is 2.55. The first kappa shape index (κ1) is 10.7. The van der Waals surface area contributed by atoms with Gasteiger partial charge < -0.3 is 5.73 Å². The smallest absolute Gasteiger partial charge is 0.0897 e. The van der Waals surface area contributed by atoms with Crippen LogP contribution in [-0.2, 0) is 19.6 Å². The van der Waals surface area contributed by atoms with Crippen LogP contribution in [0, 0.1) is 6.92 Å². The molecule has 17 heavy (non-hydrogen) atoms. The van der Waals surface area contributed by atoms with Gasteiger partial charge in [0.15, 0.2) is 0 Å². The van der Waals surface area contributed by atoms with Crippen molar-refractivity contribution in [3.8, 4) is 0 Å². The van der Waals surface area contributed by atoms with E-state index < -0.39 is 0 Å². The number of anilines is 1. The normalized spacial score (nSPS) is 15.1. The molecule has 0 radical (unpaired) electrons. The summed E-state index contributed by atoms with van der Waals surface area (Å²) in [6.45, 7) is 5.05. The molecule has 0 fully saturated rings. The van der Waals surface area contributed by atoms with Crippen molar-refractivity contribution in [1.82, 2.24) is 9.88 Å². The molecule has 0 saturated heterocycles. The van der Waals surface area contributed by atoms with E-state index in [9.17, 15) is 0 Å². The molecule has 0 aliphatic carbocycles. The number of hydrogen-bond donors (Lipinski definition) is 1. The molecule has 2 N–H and O–H groups in total. The third-order valence-electron chi connectivity index (χ3n) is 3.07. The van der Waals surface area contributed by atoms with Gasteiger partial charge in [-0.25, -0.2) is 4.98 Å². The van der Waals surface area contributed by atoms with E-state index in [2.05, 4.69) is 22.0 Å². The zero-order chi connectivity index (χ0) is 11.8. The summed E-state index contributed by atoms with van der Waals surface area (Å²) in [5.74, 6) is 0. The first-order valence-electron chi connectivity index (χ1n) is 5.71. The van der Waals surface area contributed by atoms with E-state index in [-0.39, 0.29) is 0 Å². The van der Waals surface area contributed by atoms with Crippen molar-refractivity contribution in [2.75, 3.05) is 5.73 Å². The predicted molar refractivity (Wildman–Crippen MR) is 70.7 cm³/mol. The fraction of sp³-hybridized carbons (Fsp3) is 0.308. The maximum absolute atomic E-state index is 5.81. The number of benzene rings is 1. The molecule has 1 aromatic heterocycles. The van der Waals surface area contributed by atoms with Crippen molar-refractivity contribution in [1.29, 1.82) is 0 Å². The van der Waals surface area contributed by atoms with E-state index in [0.29, 0.717) is 0 Å². The average molecular weight is 245 g/mol.